The Kier molecular flexibility index (Phi) is 4.04. The largest absolute Gasteiger partial charge is 0.478 e. The molecule has 0 radical (unpaired) electrons. The number of carbonyl (C=O) groups is 1. The molecule has 21 heavy (non-hydrogen) atoms. The maximum Gasteiger partial charge on any atom is 0.337 e. The second-order valence-electron chi connectivity index (χ2n) is 4.04. The molecule has 2 aromatic carbocycles. The number of carboxylic acids is 1. The van der Waals surface area contributed by atoms with Crippen molar-refractivity contribution in [3.05, 3.63) is 62.9 Å². The number of rotatable bonds is 4. The molecule has 2 aromatic rings. The van der Waals surface area contributed by atoms with Crippen molar-refractivity contribution in [2.45, 2.75) is 0 Å². The number of nitro groups is 1. The van der Waals surface area contributed by atoms with Crippen LogP contribution in [0.25, 0.3) is 0 Å². The van der Waals surface area contributed by atoms with E-state index in [-0.39, 0.29) is 27.6 Å². The van der Waals surface area contributed by atoms with E-state index in [9.17, 15) is 19.3 Å². The molecule has 0 aliphatic rings. The molecule has 108 valence electrons. The third kappa shape index (κ3) is 3.26. The summed E-state index contributed by atoms with van der Waals surface area (Å²) in [7, 11) is 0. The van der Waals surface area contributed by atoms with E-state index in [4.69, 9.17) is 16.7 Å². The van der Waals surface area contributed by atoms with Crippen LogP contribution in [0.3, 0.4) is 0 Å². The van der Waals surface area contributed by atoms with Gasteiger partial charge in [-0.25, -0.2) is 9.18 Å². The third-order valence-corrected chi connectivity index (χ3v) is 2.96. The Hall–Kier alpha value is -2.67. The third-order valence-electron chi connectivity index (χ3n) is 2.64. The molecule has 2 N–H and O–H groups in total. The van der Waals surface area contributed by atoms with Crippen LogP contribution in [-0.2, 0) is 0 Å². The Bertz CT molecular complexity index is 736. The van der Waals surface area contributed by atoms with Crippen LogP contribution in [0.5, 0.6) is 0 Å². The van der Waals surface area contributed by atoms with Crippen LogP contribution >= 0.6 is 11.6 Å². The number of non-ortho nitro benzene ring substituents is 1. The first-order valence-corrected chi connectivity index (χ1v) is 6.00. The molecule has 0 bridgehead atoms. The van der Waals surface area contributed by atoms with Gasteiger partial charge in [0.2, 0.25) is 0 Å². The number of aromatic carboxylic acids is 1. The smallest absolute Gasteiger partial charge is 0.337 e. The Morgan fingerprint density at radius 2 is 1.95 bits per heavy atom. The molecule has 0 saturated carbocycles. The molecule has 0 saturated heterocycles. The zero-order chi connectivity index (χ0) is 15.6. The number of halogens is 2. The highest BCUT2D eigenvalue weighted by atomic mass is 35.5. The summed E-state index contributed by atoms with van der Waals surface area (Å²) in [4.78, 5) is 21.2. The minimum atomic E-state index is -1.26. The van der Waals surface area contributed by atoms with Crippen LogP contribution in [0.4, 0.5) is 21.5 Å². The molecule has 0 heterocycles. The van der Waals surface area contributed by atoms with Crippen LogP contribution in [0.1, 0.15) is 10.4 Å². The highest BCUT2D eigenvalue weighted by Gasteiger charge is 2.16. The van der Waals surface area contributed by atoms with Crippen LogP contribution in [0.15, 0.2) is 36.4 Å². The van der Waals surface area contributed by atoms with E-state index in [0.717, 1.165) is 30.3 Å². The Labute approximate surface area is 122 Å². The molecule has 0 unspecified atom stereocenters. The second-order valence-corrected chi connectivity index (χ2v) is 4.45. The monoisotopic (exact) mass is 310 g/mol. The molecule has 0 spiro atoms. The summed E-state index contributed by atoms with van der Waals surface area (Å²) in [6.45, 7) is 0. The van der Waals surface area contributed by atoms with E-state index in [0.29, 0.717) is 0 Å². The Morgan fingerprint density at radius 1 is 1.24 bits per heavy atom. The number of hydrogen-bond donors (Lipinski definition) is 2. The lowest BCUT2D eigenvalue weighted by molar-refractivity contribution is -0.384. The average Bonchev–Trinajstić information content (AvgIpc) is 2.41. The number of hydrogen-bond acceptors (Lipinski definition) is 4. The zero-order valence-electron chi connectivity index (χ0n) is 10.3. The summed E-state index contributed by atoms with van der Waals surface area (Å²) in [6.07, 6.45) is 0. The Balaban J connectivity index is 2.48. The summed E-state index contributed by atoms with van der Waals surface area (Å²) in [6, 6.07) is 6.75. The lowest BCUT2D eigenvalue weighted by Gasteiger charge is -2.11. The van der Waals surface area contributed by atoms with Crippen molar-refractivity contribution < 1.29 is 19.2 Å². The molecule has 8 heteroatoms. The molecule has 6 nitrogen and oxygen atoms in total. The van der Waals surface area contributed by atoms with Gasteiger partial charge in [-0.3, -0.25) is 10.1 Å². The number of anilines is 2. The van der Waals surface area contributed by atoms with Crippen LogP contribution in [0, 0.1) is 15.9 Å². The number of nitrogens with one attached hydrogen (secondary N) is 1. The fourth-order valence-electron chi connectivity index (χ4n) is 1.67. The summed E-state index contributed by atoms with van der Waals surface area (Å²) in [5.41, 5.74) is -0.215. The number of carboxylic acid groups (broad SMARTS) is 1. The van der Waals surface area contributed by atoms with Gasteiger partial charge in [0.15, 0.2) is 0 Å². The predicted octanol–water partition coefficient (Wildman–Crippen LogP) is 3.83. The van der Waals surface area contributed by atoms with Gasteiger partial charge in [0.25, 0.3) is 5.69 Å². The van der Waals surface area contributed by atoms with E-state index in [2.05, 4.69) is 5.32 Å². The van der Waals surface area contributed by atoms with Crippen LogP contribution < -0.4 is 5.32 Å². The van der Waals surface area contributed by atoms with Gasteiger partial charge in [-0.05, 0) is 24.3 Å². The zero-order valence-corrected chi connectivity index (χ0v) is 11.1. The van der Waals surface area contributed by atoms with Gasteiger partial charge in [-0.1, -0.05) is 11.6 Å². The van der Waals surface area contributed by atoms with Gasteiger partial charge in [-0.2, -0.15) is 0 Å². The van der Waals surface area contributed by atoms with E-state index in [1.165, 1.54) is 6.07 Å². The van der Waals surface area contributed by atoms with Crippen molar-refractivity contribution in [2.75, 3.05) is 5.32 Å². The van der Waals surface area contributed by atoms with Gasteiger partial charge in [-0.15, -0.1) is 0 Å². The van der Waals surface area contributed by atoms with Crippen molar-refractivity contribution in [1.29, 1.82) is 0 Å². The number of nitrogens with zero attached hydrogens (tertiary/aromatic N) is 1. The molecule has 0 amide bonds. The highest BCUT2D eigenvalue weighted by Crippen LogP contribution is 2.30. The van der Waals surface area contributed by atoms with Gasteiger partial charge in [0.1, 0.15) is 5.82 Å². The van der Waals surface area contributed by atoms with Crippen LogP contribution in [-0.4, -0.2) is 16.0 Å². The lowest BCUT2D eigenvalue weighted by Crippen LogP contribution is -2.04. The maximum atomic E-state index is 13.0. The van der Waals surface area contributed by atoms with Crippen LogP contribution in [0.2, 0.25) is 5.02 Å². The van der Waals surface area contributed by atoms with Gasteiger partial charge in [0.05, 0.1) is 26.9 Å². The highest BCUT2D eigenvalue weighted by molar-refractivity contribution is 6.33. The number of benzene rings is 2. The SMILES string of the molecule is O=C(O)c1ccc([N+](=O)[O-])cc1Nc1ccc(F)cc1Cl. The quantitative estimate of drug-likeness (QED) is 0.661. The van der Waals surface area contributed by atoms with Crippen molar-refractivity contribution in [2.24, 2.45) is 0 Å². The van der Waals surface area contributed by atoms with Gasteiger partial charge >= 0.3 is 5.97 Å². The predicted molar refractivity (Wildman–Crippen MR) is 74.7 cm³/mol. The van der Waals surface area contributed by atoms with E-state index in [1.54, 1.807) is 0 Å². The normalized spacial score (nSPS) is 10.2. The van der Waals surface area contributed by atoms with Crippen molar-refractivity contribution in [3.8, 4) is 0 Å². The summed E-state index contributed by atoms with van der Waals surface area (Å²) >= 11 is 5.83. The van der Waals surface area contributed by atoms with E-state index in [1.807, 2.05) is 0 Å². The minimum absolute atomic E-state index is 0.00907. The minimum Gasteiger partial charge on any atom is -0.478 e. The first-order chi connectivity index (χ1) is 9.88. The Morgan fingerprint density at radius 3 is 2.52 bits per heavy atom. The molecular formula is C13H8ClFN2O4. The maximum absolute atomic E-state index is 13.0. The average molecular weight is 311 g/mol. The van der Waals surface area contributed by atoms with Gasteiger partial charge in [0, 0.05) is 12.1 Å². The molecule has 0 aliphatic carbocycles. The standard InChI is InChI=1S/C13H8ClFN2O4/c14-10-5-7(15)1-4-11(10)16-12-6-8(17(20)21)2-3-9(12)13(18)19/h1-6,16H,(H,18,19). The molecule has 0 aliphatic heterocycles. The van der Waals surface area contributed by atoms with E-state index >= 15 is 0 Å². The second kappa shape index (κ2) is 5.76. The van der Waals surface area contributed by atoms with Crippen molar-refractivity contribution in [3.63, 3.8) is 0 Å². The summed E-state index contributed by atoms with van der Waals surface area (Å²) in [5, 5.41) is 22.5. The molecule has 0 fully saturated rings. The van der Waals surface area contributed by atoms with Gasteiger partial charge < -0.3 is 10.4 Å². The summed E-state index contributed by atoms with van der Waals surface area (Å²) < 4.78 is 13.0. The van der Waals surface area contributed by atoms with Crippen molar-refractivity contribution in [1.82, 2.24) is 0 Å². The molecule has 0 atom stereocenters. The first kappa shape index (κ1) is 14.7. The summed E-state index contributed by atoms with van der Waals surface area (Å²) in [5.74, 6) is -1.81. The fraction of sp³-hybridized carbons (Fsp3) is 0. The molecule has 2 rings (SSSR count). The van der Waals surface area contributed by atoms with E-state index < -0.39 is 16.7 Å². The van der Waals surface area contributed by atoms with Crippen molar-refractivity contribution >= 4 is 34.6 Å². The topological polar surface area (TPSA) is 92.5 Å². The fourth-order valence-corrected chi connectivity index (χ4v) is 1.89. The first-order valence-electron chi connectivity index (χ1n) is 5.62. The number of nitro benzene ring substituents is 1. The molecule has 0 aromatic heterocycles. The molecular weight excluding hydrogens is 303 g/mol. The lowest BCUT2D eigenvalue weighted by atomic mass is 10.1.